The lowest BCUT2D eigenvalue weighted by molar-refractivity contribution is 0.213. The second-order valence-electron chi connectivity index (χ2n) is 6.62. The van der Waals surface area contributed by atoms with E-state index in [0.29, 0.717) is 12.1 Å². The number of anilines is 2. The monoisotopic (exact) mass is 337 g/mol. The van der Waals surface area contributed by atoms with Gasteiger partial charge < -0.3 is 20.6 Å². The van der Waals surface area contributed by atoms with Gasteiger partial charge in [-0.1, -0.05) is 13.8 Å². The first-order valence-electron chi connectivity index (χ1n) is 8.75. The van der Waals surface area contributed by atoms with Gasteiger partial charge in [-0.05, 0) is 49.8 Å². The summed E-state index contributed by atoms with van der Waals surface area (Å²) >= 11 is 0. The van der Waals surface area contributed by atoms with Gasteiger partial charge in [-0.15, -0.1) is 0 Å². The number of amides is 2. The van der Waals surface area contributed by atoms with Crippen molar-refractivity contribution >= 4 is 17.4 Å². The second-order valence-corrected chi connectivity index (χ2v) is 6.62. The van der Waals surface area contributed by atoms with Crippen molar-refractivity contribution in [3.8, 4) is 0 Å². The number of halogens is 1. The fourth-order valence-corrected chi connectivity index (χ4v) is 3.04. The third kappa shape index (κ3) is 5.37. The molecule has 1 saturated heterocycles. The summed E-state index contributed by atoms with van der Waals surface area (Å²) in [7, 11) is 0. The van der Waals surface area contributed by atoms with Gasteiger partial charge in [-0.2, -0.15) is 0 Å². The van der Waals surface area contributed by atoms with Gasteiger partial charge in [0.1, 0.15) is 5.82 Å². The van der Waals surface area contributed by atoms with Crippen LogP contribution in [-0.4, -0.2) is 36.9 Å². The lowest BCUT2D eigenvalue weighted by Gasteiger charge is -2.21. The van der Waals surface area contributed by atoms with E-state index in [4.69, 9.17) is 5.11 Å². The predicted octanol–water partition coefficient (Wildman–Crippen LogP) is 3.34. The highest BCUT2D eigenvalue weighted by Crippen LogP contribution is 2.25. The minimum absolute atomic E-state index is 0.0150. The third-order valence-corrected chi connectivity index (χ3v) is 4.44. The van der Waals surface area contributed by atoms with Crippen LogP contribution in [0.15, 0.2) is 18.2 Å². The Balaban J connectivity index is 1.97. The van der Waals surface area contributed by atoms with Crippen LogP contribution >= 0.6 is 0 Å². The standard InChI is InChI=1S/C18H28FN3O2/c1-3-15(8-13(2)12-23)20-18(24)21-16-9-14(19)10-17(11-16)22-6-4-5-7-22/h9-11,13,15,23H,3-8,12H2,1-2H3,(H2,20,21,24)/t13-,15+/m0/s1. The van der Waals surface area contributed by atoms with E-state index in [1.165, 1.54) is 12.1 Å². The first-order chi connectivity index (χ1) is 11.5. The lowest BCUT2D eigenvalue weighted by Crippen LogP contribution is -2.38. The molecule has 0 saturated carbocycles. The molecule has 2 amide bonds. The Morgan fingerprint density at radius 3 is 2.67 bits per heavy atom. The molecule has 1 aromatic carbocycles. The summed E-state index contributed by atoms with van der Waals surface area (Å²) in [5, 5.41) is 14.8. The zero-order valence-electron chi connectivity index (χ0n) is 14.5. The molecule has 24 heavy (non-hydrogen) atoms. The molecule has 0 bridgehead atoms. The van der Waals surface area contributed by atoms with Crippen molar-refractivity contribution in [3.05, 3.63) is 24.0 Å². The van der Waals surface area contributed by atoms with Crippen molar-refractivity contribution in [1.29, 1.82) is 0 Å². The van der Waals surface area contributed by atoms with Crippen LogP contribution in [0.25, 0.3) is 0 Å². The summed E-state index contributed by atoms with van der Waals surface area (Å²) in [4.78, 5) is 14.3. The van der Waals surface area contributed by atoms with Gasteiger partial charge in [0.15, 0.2) is 0 Å². The topological polar surface area (TPSA) is 64.6 Å². The molecule has 0 spiro atoms. The molecule has 5 nitrogen and oxygen atoms in total. The zero-order valence-corrected chi connectivity index (χ0v) is 14.5. The maximum absolute atomic E-state index is 13.9. The molecular formula is C18H28FN3O2. The normalized spacial score (nSPS) is 16.8. The van der Waals surface area contributed by atoms with Gasteiger partial charge in [-0.25, -0.2) is 9.18 Å². The van der Waals surface area contributed by atoms with Gasteiger partial charge in [0.05, 0.1) is 0 Å². The van der Waals surface area contributed by atoms with E-state index in [2.05, 4.69) is 15.5 Å². The number of nitrogens with zero attached hydrogens (tertiary/aromatic N) is 1. The molecule has 1 aliphatic heterocycles. The van der Waals surface area contributed by atoms with Crippen LogP contribution in [0, 0.1) is 11.7 Å². The van der Waals surface area contributed by atoms with E-state index in [1.807, 2.05) is 19.9 Å². The first-order valence-corrected chi connectivity index (χ1v) is 8.75. The van der Waals surface area contributed by atoms with Crippen LogP contribution in [-0.2, 0) is 0 Å². The molecule has 2 rings (SSSR count). The fraction of sp³-hybridized carbons (Fsp3) is 0.611. The molecule has 1 aliphatic rings. The van der Waals surface area contributed by atoms with Crippen molar-refractivity contribution in [3.63, 3.8) is 0 Å². The molecule has 134 valence electrons. The maximum Gasteiger partial charge on any atom is 0.319 e. The maximum atomic E-state index is 13.9. The number of nitrogens with one attached hydrogen (secondary N) is 2. The Morgan fingerprint density at radius 2 is 2.04 bits per heavy atom. The molecule has 0 aromatic heterocycles. The van der Waals surface area contributed by atoms with E-state index in [1.54, 1.807) is 0 Å². The van der Waals surface area contributed by atoms with Crippen molar-refractivity contribution < 1.29 is 14.3 Å². The second kappa shape index (κ2) is 8.87. The molecule has 1 fully saturated rings. The third-order valence-electron chi connectivity index (χ3n) is 4.44. The summed E-state index contributed by atoms with van der Waals surface area (Å²) in [5.74, 6) is -0.221. The van der Waals surface area contributed by atoms with Gasteiger partial charge in [0.25, 0.3) is 0 Å². The molecule has 1 aromatic rings. The average Bonchev–Trinajstić information content (AvgIpc) is 3.07. The van der Waals surface area contributed by atoms with Crippen molar-refractivity contribution in [2.45, 2.75) is 45.6 Å². The van der Waals surface area contributed by atoms with Crippen molar-refractivity contribution in [2.75, 3.05) is 29.9 Å². The summed E-state index contributed by atoms with van der Waals surface area (Å²) < 4.78 is 13.9. The van der Waals surface area contributed by atoms with Gasteiger partial charge in [0, 0.05) is 37.1 Å². The number of aliphatic hydroxyl groups is 1. The van der Waals surface area contributed by atoms with Gasteiger partial charge >= 0.3 is 6.03 Å². The van der Waals surface area contributed by atoms with Crippen LogP contribution in [0.1, 0.15) is 39.5 Å². The number of carbonyl (C=O) groups excluding carboxylic acids is 1. The van der Waals surface area contributed by atoms with Crippen LogP contribution in [0.4, 0.5) is 20.6 Å². The van der Waals surface area contributed by atoms with Gasteiger partial charge in [-0.3, -0.25) is 0 Å². The van der Waals surface area contributed by atoms with Crippen LogP contribution < -0.4 is 15.5 Å². The van der Waals surface area contributed by atoms with E-state index in [9.17, 15) is 9.18 Å². The number of carbonyl (C=O) groups is 1. The Morgan fingerprint density at radius 1 is 1.33 bits per heavy atom. The predicted molar refractivity (Wildman–Crippen MR) is 94.9 cm³/mol. The highest BCUT2D eigenvalue weighted by molar-refractivity contribution is 5.90. The van der Waals surface area contributed by atoms with E-state index < -0.39 is 0 Å². The van der Waals surface area contributed by atoms with Crippen molar-refractivity contribution in [1.82, 2.24) is 5.32 Å². The summed E-state index contributed by atoms with van der Waals surface area (Å²) in [5.41, 5.74) is 1.27. The number of hydrogen-bond acceptors (Lipinski definition) is 3. The summed E-state index contributed by atoms with van der Waals surface area (Å²) in [6, 6.07) is 4.29. The van der Waals surface area contributed by atoms with E-state index in [-0.39, 0.29) is 30.4 Å². The number of hydrogen-bond donors (Lipinski definition) is 3. The largest absolute Gasteiger partial charge is 0.396 e. The van der Waals surface area contributed by atoms with E-state index >= 15 is 0 Å². The molecular weight excluding hydrogens is 309 g/mol. The molecule has 0 radical (unpaired) electrons. The number of aliphatic hydroxyl groups excluding tert-OH is 1. The highest BCUT2D eigenvalue weighted by atomic mass is 19.1. The lowest BCUT2D eigenvalue weighted by atomic mass is 10.0. The number of urea groups is 1. The summed E-state index contributed by atoms with van der Waals surface area (Å²) in [6.45, 7) is 5.88. The molecule has 2 atom stereocenters. The van der Waals surface area contributed by atoms with Crippen LogP contribution in [0.3, 0.4) is 0 Å². The Labute approximate surface area is 143 Å². The fourth-order valence-electron chi connectivity index (χ4n) is 3.04. The first kappa shape index (κ1) is 18.5. The minimum atomic E-state index is -0.351. The van der Waals surface area contributed by atoms with Gasteiger partial charge in [0.2, 0.25) is 0 Å². The van der Waals surface area contributed by atoms with E-state index in [0.717, 1.165) is 38.0 Å². The Bertz CT molecular complexity index is 547. The SMILES string of the molecule is CC[C@H](C[C@H](C)CO)NC(=O)Nc1cc(F)cc(N2CCCC2)c1. The summed E-state index contributed by atoms with van der Waals surface area (Å²) in [6.07, 6.45) is 3.71. The Hall–Kier alpha value is -1.82. The highest BCUT2D eigenvalue weighted by Gasteiger charge is 2.16. The average molecular weight is 337 g/mol. The number of benzene rings is 1. The molecule has 1 heterocycles. The molecule has 0 aliphatic carbocycles. The Kier molecular flexibility index (Phi) is 6.85. The molecule has 3 N–H and O–H groups in total. The molecule has 6 heteroatoms. The van der Waals surface area contributed by atoms with Crippen molar-refractivity contribution in [2.24, 2.45) is 5.92 Å². The minimum Gasteiger partial charge on any atom is -0.396 e. The van der Waals surface area contributed by atoms with Crippen LogP contribution in [0.5, 0.6) is 0 Å². The zero-order chi connectivity index (χ0) is 17.5. The van der Waals surface area contributed by atoms with Crippen LogP contribution in [0.2, 0.25) is 0 Å². The molecule has 0 unspecified atom stereocenters. The smallest absolute Gasteiger partial charge is 0.319 e. The number of rotatable bonds is 7. The quantitative estimate of drug-likeness (QED) is 0.715.